The normalized spacial score (nSPS) is 44.6. The van der Waals surface area contributed by atoms with E-state index >= 15 is 0 Å². The Morgan fingerprint density at radius 3 is 2.31 bits per heavy atom. The van der Waals surface area contributed by atoms with Gasteiger partial charge in [0.1, 0.15) is 5.60 Å². The Morgan fingerprint density at radius 2 is 2.00 bits per heavy atom. The monoisotopic (exact) mass is 223 g/mol. The molecule has 0 aliphatic heterocycles. The topological polar surface area (TPSA) is 63.3 Å². The van der Waals surface area contributed by atoms with Crippen molar-refractivity contribution in [3.8, 4) is 0 Å². The van der Waals surface area contributed by atoms with E-state index in [1.807, 2.05) is 0 Å². The SMILES string of the molecule is C=C(C(N)=O)[C@@]1(O)C[C@H]2CC[C@]1(C)C2(C)C. The van der Waals surface area contributed by atoms with Gasteiger partial charge in [-0.25, -0.2) is 0 Å². The number of carbonyl (C=O) groups excluding carboxylic acids is 1. The maximum absolute atomic E-state index is 11.3. The first-order valence-corrected chi connectivity index (χ1v) is 5.88. The summed E-state index contributed by atoms with van der Waals surface area (Å²) in [7, 11) is 0. The molecule has 16 heavy (non-hydrogen) atoms. The lowest BCUT2D eigenvalue weighted by atomic mass is 9.62. The van der Waals surface area contributed by atoms with E-state index in [-0.39, 0.29) is 16.4 Å². The molecule has 2 saturated carbocycles. The fourth-order valence-corrected chi connectivity index (χ4v) is 3.94. The summed E-state index contributed by atoms with van der Waals surface area (Å²) in [6.07, 6.45) is 2.68. The van der Waals surface area contributed by atoms with Gasteiger partial charge in [0.15, 0.2) is 0 Å². The van der Waals surface area contributed by atoms with Crippen molar-refractivity contribution in [1.82, 2.24) is 0 Å². The van der Waals surface area contributed by atoms with Crippen molar-refractivity contribution in [1.29, 1.82) is 0 Å². The van der Waals surface area contributed by atoms with Gasteiger partial charge in [0.2, 0.25) is 5.91 Å². The zero-order valence-electron chi connectivity index (χ0n) is 10.3. The van der Waals surface area contributed by atoms with Crippen LogP contribution >= 0.6 is 0 Å². The number of aliphatic hydroxyl groups is 1. The molecule has 3 N–H and O–H groups in total. The van der Waals surface area contributed by atoms with Gasteiger partial charge in [-0.1, -0.05) is 27.4 Å². The molecule has 0 heterocycles. The second-order valence-electron chi connectivity index (χ2n) is 6.20. The molecule has 0 aromatic heterocycles. The average Bonchev–Trinajstić information content (AvgIpc) is 2.48. The van der Waals surface area contributed by atoms with Crippen LogP contribution in [-0.4, -0.2) is 16.6 Å². The Hall–Kier alpha value is -0.830. The van der Waals surface area contributed by atoms with Crippen LogP contribution in [-0.2, 0) is 4.79 Å². The highest BCUT2D eigenvalue weighted by molar-refractivity contribution is 5.93. The summed E-state index contributed by atoms with van der Waals surface area (Å²) < 4.78 is 0. The fourth-order valence-electron chi connectivity index (χ4n) is 3.94. The summed E-state index contributed by atoms with van der Waals surface area (Å²) in [5, 5.41) is 10.8. The number of hydrogen-bond acceptors (Lipinski definition) is 2. The van der Waals surface area contributed by atoms with Gasteiger partial charge in [0, 0.05) is 11.0 Å². The molecule has 2 bridgehead atoms. The van der Waals surface area contributed by atoms with Crippen molar-refractivity contribution < 1.29 is 9.90 Å². The predicted molar refractivity (Wildman–Crippen MR) is 62.5 cm³/mol. The smallest absolute Gasteiger partial charge is 0.246 e. The quantitative estimate of drug-likeness (QED) is 0.698. The van der Waals surface area contributed by atoms with E-state index in [0.29, 0.717) is 12.3 Å². The third-order valence-electron chi connectivity index (χ3n) is 5.69. The van der Waals surface area contributed by atoms with Gasteiger partial charge in [0.25, 0.3) is 0 Å². The van der Waals surface area contributed by atoms with Crippen LogP contribution in [0.1, 0.15) is 40.0 Å². The molecule has 0 unspecified atom stereocenters. The third-order valence-corrected chi connectivity index (χ3v) is 5.69. The van der Waals surface area contributed by atoms with Crippen LogP contribution in [0.3, 0.4) is 0 Å². The molecule has 0 aromatic rings. The predicted octanol–water partition coefficient (Wildman–Crippen LogP) is 1.61. The molecule has 1 amide bonds. The molecule has 0 saturated heterocycles. The van der Waals surface area contributed by atoms with Crippen LogP contribution in [0.4, 0.5) is 0 Å². The van der Waals surface area contributed by atoms with Crippen molar-refractivity contribution in [3.05, 3.63) is 12.2 Å². The number of carbonyl (C=O) groups is 1. The molecule has 3 nitrogen and oxygen atoms in total. The highest BCUT2D eigenvalue weighted by Gasteiger charge is 2.69. The Balaban J connectivity index is 2.48. The lowest BCUT2D eigenvalue weighted by Crippen LogP contribution is -2.50. The van der Waals surface area contributed by atoms with Gasteiger partial charge < -0.3 is 10.8 Å². The van der Waals surface area contributed by atoms with Crippen molar-refractivity contribution >= 4 is 5.91 Å². The van der Waals surface area contributed by atoms with Gasteiger partial charge in [-0.3, -0.25) is 4.79 Å². The summed E-state index contributed by atoms with van der Waals surface area (Å²) in [5.41, 5.74) is 4.12. The minimum absolute atomic E-state index is 0.0418. The van der Waals surface area contributed by atoms with Gasteiger partial charge in [-0.2, -0.15) is 0 Å². The minimum Gasteiger partial charge on any atom is -0.384 e. The minimum atomic E-state index is -1.11. The molecule has 90 valence electrons. The van der Waals surface area contributed by atoms with Crippen molar-refractivity contribution in [2.75, 3.05) is 0 Å². The molecule has 2 aliphatic rings. The summed E-state index contributed by atoms with van der Waals surface area (Å²) in [6, 6.07) is 0. The molecule has 2 rings (SSSR count). The molecule has 3 heteroatoms. The number of nitrogens with two attached hydrogens (primary N) is 1. The van der Waals surface area contributed by atoms with Crippen molar-refractivity contribution in [2.45, 2.75) is 45.6 Å². The molecule has 0 aromatic carbocycles. The summed E-state index contributed by atoms with van der Waals surface area (Å²) >= 11 is 0. The Bertz CT molecular complexity index is 374. The third kappa shape index (κ3) is 1.000. The van der Waals surface area contributed by atoms with E-state index < -0.39 is 11.5 Å². The van der Waals surface area contributed by atoms with Crippen molar-refractivity contribution in [2.24, 2.45) is 22.5 Å². The molecule has 0 radical (unpaired) electrons. The van der Waals surface area contributed by atoms with E-state index in [0.717, 1.165) is 12.8 Å². The van der Waals surface area contributed by atoms with Gasteiger partial charge in [-0.05, 0) is 30.6 Å². The van der Waals surface area contributed by atoms with E-state index in [4.69, 9.17) is 5.73 Å². The van der Waals surface area contributed by atoms with E-state index in [1.165, 1.54) is 0 Å². The molecule has 2 fully saturated rings. The second kappa shape index (κ2) is 2.89. The van der Waals surface area contributed by atoms with E-state index in [9.17, 15) is 9.90 Å². The Labute approximate surface area is 96.7 Å². The average molecular weight is 223 g/mol. The van der Waals surface area contributed by atoms with Crippen molar-refractivity contribution in [3.63, 3.8) is 0 Å². The highest BCUT2D eigenvalue weighted by Crippen LogP contribution is 2.70. The highest BCUT2D eigenvalue weighted by atomic mass is 16.3. The van der Waals surface area contributed by atoms with E-state index in [2.05, 4.69) is 27.4 Å². The fraction of sp³-hybridized carbons (Fsp3) is 0.769. The maximum atomic E-state index is 11.3. The van der Waals surface area contributed by atoms with Crippen LogP contribution in [0.15, 0.2) is 12.2 Å². The lowest BCUT2D eigenvalue weighted by Gasteiger charge is -2.45. The molecular formula is C13H21NO2. The molecule has 0 spiro atoms. The summed E-state index contributed by atoms with van der Waals surface area (Å²) in [5.74, 6) is -0.120. The number of primary amides is 1. The Kier molecular flexibility index (Phi) is 2.10. The second-order valence-corrected chi connectivity index (χ2v) is 6.20. The van der Waals surface area contributed by atoms with Crippen LogP contribution < -0.4 is 5.73 Å². The van der Waals surface area contributed by atoms with Gasteiger partial charge in [0.05, 0.1) is 0 Å². The standard InChI is InChI=1S/C13H21NO2/c1-8(10(14)15)13(16)7-9-5-6-12(13,4)11(9,2)3/h9,16H,1,5-7H2,2-4H3,(H2,14,15)/t9-,12-,13+/m1/s1. The first-order chi connectivity index (χ1) is 7.17. The van der Waals surface area contributed by atoms with E-state index in [1.54, 1.807) is 0 Å². The summed E-state index contributed by atoms with van der Waals surface area (Å²) in [6.45, 7) is 10.1. The van der Waals surface area contributed by atoms with Crippen LogP contribution in [0.5, 0.6) is 0 Å². The Morgan fingerprint density at radius 1 is 1.44 bits per heavy atom. The zero-order chi connectivity index (χ0) is 12.4. The molecule has 2 aliphatic carbocycles. The van der Waals surface area contributed by atoms with Gasteiger partial charge >= 0.3 is 0 Å². The number of rotatable bonds is 2. The largest absolute Gasteiger partial charge is 0.384 e. The first kappa shape index (κ1) is 11.6. The first-order valence-electron chi connectivity index (χ1n) is 5.88. The summed E-state index contributed by atoms with van der Waals surface area (Å²) in [4.78, 5) is 11.3. The number of fused-ring (bicyclic) bond motifs is 2. The van der Waals surface area contributed by atoms with Gasteiger partial charge in [-0.15, -0.1) is 0 Å². The number of amides is 1. The lowest BCUT2D eigenvalue weighted by molar-refractivity contribution is -0.121. The number of hydrogen-bond donors (Lipinski definition) is 2. The maximum Gasteiger partial charge on any atom is 0.246 e. The molecule has 3 atom stereocenters. The zero-order valence-corrected chi connectivity index (χ0v) is 10.3. The van der Waals surface area contributed by atoms with Crippen LogP contribution in [0.2, 0.25) is 0 Å². The molecular weight excluding hydrogens is 202 g/mol. The van der Waals surface area contributed by atoms with Crippen LogP contribution in [0.25, 0.3) is 0 Å². The van der Waals surface area contributed by atoms with Crippen LogP contribution in [0, 0.1) is 16.7 Å².